The minimum absolute atomic E-state index is 0.204. The third-order valence-electron chi connectivity index (χ3n) is 2.19. The average molecular weight is 248 g/mol. The molecule has 1 rings (SSSR count). The van der Waals surface area contributed by atoms with E-state index in [9.17, 15) is 0 Å². The lowest BCUT2D eigenvalue weighted by Gasteiger charge is -2.09. The molecule has 1 unspecified atom stereocenters. The van der Waals surface area contributed by atoms with Gasteiger partial charge in [0.25, 0.3) is 0 Å². The van der Waals surface area contributed by atoms with E-state index in [1.807, 2.05) is 45.0 Å². The number of hydrogen-bond acceptors (Lipinski definition) is 3. The summed E-state index contributed by atoms with van der Waals surface area (Å²) in [5.74, 6) is 6.84. The molecule has 0 aliphatic carbocycles. The number of hydrogen-bond donors (Lipinski definition) is 0. The number of ether oxygens (including phenoxy) is 3. The molecular weight excluding hydrogens is 228 g/mol. The molecule has 0 amide bonds. The molecule has 1 aromatic carbocycles. The van der Waals surface area contributed by atoms with E-state index in [1.54, 1.807) is 0 Å². The van der Waals surface area contributed by atoms with Crippen LogP contribution in [0.15, 0.2) is 24.3 Å². The highest BCUT2D eigenvalue weighted by molar-refractivity contribution is 5.38. The third-order valence-corrected chi connectivity index (χ3v) is 2.19. The van der Waals surface area contributed by atoms with Crippen LogP contribution < -0.4 is 4.74 Å². The summed E-state index contributed by atoms with van der Waals surface area (Å²) in [5.41, 5.74) is 0.950. The first-order valence-electron chi connectivity index (χ1n) is 6.21. The first-order valence-corrected chi connectivity index (χ1v) is 6.21. The van der Waals surface area contributed by atoms with E-state index in [0.29, 0.717) is 19.8 Å². The lowest BCUT2D eigenvalue weighted by Crippen LogP contribution is -2.12. The van der Waals surface area contributed by atoms with Crippen LogP contribution in [0.4, 0.5) is 0 Å². The molecule has 0 bridgehead atoms. The molecule has 0 aliphatic heterocycles. The van der Waals surface area contributed by atoms with Crippen molar-refractivity contribution in [2.45, 2.75) is 27.1 Å². The molecular formula is C15H20O3. The Bertz CT molecular complexity index is 386. The van der Waals surface area contributed by atoms with Gasteiger partial charge in [-0.15, -0.1) is 0 Å². The van der Waals surface area contributed by atoms with Crippen LogP contribution in [0, 0.1) is 11.8 Å². The highest BCUT2D eigenvalue weighted by atomic mass is 16.7. The van der Waals surface area contributed by atoms with Gasteiger partial charge in [-0.25, -0.2) is 0 Å². The number of rotatable bonds is 6. The Morgan fingerprint density at radius 1 is 1.06 bits per heavy atom. The van der Waals surface area contributed by atoms with E-state index < -0.39 is 0 Å². The van der Waals surface area contributed by atoms with Gasteiger partial charge in [0, 0.05) is 12.2 Å². The maximum absolute atomic E-state index is 5.36. The van der Waals surface area contributed by atoms with Gasteiger partial charge in [0.2, 0.25) is 0 Å². The van der Waals surface area contributed by atoms with Crippen molar-refractivity contribution in [3.05, 3.63) is 29.8 Å². The zero-order valence-electron chi connectivity index (χ0n) is 11.2. The molecule has 0 radical (unpaired) electrons. The standard InChI is InChI=1S/C15H20O3/c1-4-16-13(3)18-12-6-7-14-8-10-15(11-9-14)17-5-2/h8-11,13H,4-5,12H2,1-3H3. The van der Waals surface area contributed by atoms with Gasteiger partial charge in [0.15, 0.2) is 6.29 Å². The number of benzene rings is 1. The van der Waals surface area contributed by atoms with E-state index in [1.165, 1.54) is 0 Å². The maximum atomic E-state index is 5.36. The summed E-state index contributed by atoms with van der Waals surface area (Å²) < 4.78 is 15.9. The van der Waals surface area contributed by atoms with Gasteiger partial charge in [-0.2, -0.15) is 0 Å². The Morgan fingerprint density at radius 2 is 1.78 bits per heavy atom. The summed E-state index contributed by atoms with van der Waals surface area (Å²) in [7, 11) is 0. The normalized spacial score (nSPS) is 11.5. The van der Waals surface area contributed by atoms with Crippen LogP contribution in [0.5, 0.6) is 5.75 Å². The quantitative estimate of drug-likeness (QED) is 0.572. The molecule has 1 aromatic rings. The van der Waals surface area contributed by atoms with Crippen molar-refractivity contribution < 1.29 is 14.2 Å². The van der Waals surface area contributed by atoms with Crippen molar-refractivity contribution in [3.8, 4) is 17.6 Å². The van der Waals surface area contributed by atoms with Crippen molar-refractivity contribution in [1.29, 1.82) is 0 Å². The minimum atomic E-state index is -0.204. The van der Waals surface area contributed by atoms with Crippen LogP contribution in [0.3, 0.4) is 0 Å². The van der Waals surface area contributed by atoms with E-state index in [-0.39, 0.29) is 6.29 Å². The second-order valence-corrected chi connectivity index (χ2v) is 3.59. The van der Waals surface area contributed by atoms with Gasteiger partial charge in [-0.3, -0.25) is 0 Å². The minimum Gasteiger partial charge on any atom is -0.494 e. The van der Waals surface area contributed by atoms with Crippen molar-refractivity contribution in [3.63, 3.8) is 0 Å². The van der Waals surface area contributed by atoms with Crippen molar-refractivity contribution in [2.24, 2.45) is 0 Å². The zero-order chi connectivity index (χ0) is 13.2. The van der Waals surface area contributed by atoms with Gasteiger partial charge in [-0.1, -0.05) is 11.8 Å². The smallest absolute Gasteiger partial charge is 0.156 e. The summed E-state index contributed by atoms with van der Waals surface area (Å²) in [5, 5.41) is 0. The second-order valence-electron chi connectivity index (χ2n) is 3.59. The average Bonchev–Trinajstić information content (AvgIpc) is 2.37. The Hall–Kier alpha value is -1.50. The van der Waals surface area contributed by atoms with Crippen LogP contribution in [-0.2, 0) is 9.47 Å². The predicted molar refractivity (Wildman–Crippen MR) is 71.5 cm³/mol. The molecule has 0 heterocycles. The van der Waals surface area contributed by atoms with E-state index >= 15 is 0 Å². The van der Waals surface area contributed by atoms with Gasteiger partial charge < -0.3 is 14.2 Å². The third kappa shape index (κ3) is 5.72. The molecule has 98 valence electrons. The highest BCUT2D eigenvalue weighted by Crippen LogP contribution is 2.11. The fourth-order valence-electron chi connectivity index (χ4n) is 1.38. The monoisotopic (exact) mass is 248 g/mol. The second kappa shape index (κ2) is 8.57. The summed E-state index contributed by atoms with van der Waals surface area (Å²) in [6, 6.07) is 7.70. The Morgan fingerprint density at radius 3 is 2.39 bits per heavy atom. The lowest BCUT2D eigenvalue weighted by molar-refractivity contribution is -0.117. The molecule has 0 aliphatic rings. The Balaban J connectivity index is 2.38. The van der Waals surface area contributed by atoms with Crippen LogP contribution in [0.2, 0.25) is 0 Å². The van der Waals surface area contributed by atoms with E-state index in [4.69, 9.17) is 14.2 Å². The Kier molecular flexibility index (Phi) is 6.93. The van der Waals surface area contributed by atoms with Gasteiger partial charge >= 0.3 is 0 Å². The summed E-state index contributed by atoms with van der Waals surface area (Å²) in [4.78, 5) is 0. The van der Waals surface area contributed by atoms with Gasteiger partial charge in [0.1, 0.15) is 12.4 Å². The van der Waals surface area contributed by atoms with Crippen LogP contribution in [0.1, 0.15) is 26.3 Å². The summed E-state index contributed by atoms with van der Waals surface area (Å²) in [6.45, 7) is 7.45. The van der Waals surface area contributed by atoms with Crippen molar-refractivity contribution >= 4 is 0 Å². The molecule has 0 fully saturated rings. The van der Waals surface area contributed by atoms with Crippen molar-refractivity contribution in [1.82, 2.24) is 0 Å². The fourth-order valence-corrected chi connectivity index (χ4v) is 1.38. The summed E-state index contributed by atoms with van der Waals surface area (Å²) >= 11 is 0. The molecule has 0 N–H and O–H groups in total. The Labute approximate surface area is 109 Å². The van der Waals surface area contributed by atoms with Gasteiger partial charge in [-0.05, 0) is 45.0 Å². The van der Waals surface area contributed by atoms with Crippen molar-refractivity contribution in [2.75, 3.05) is 19.8 Å². The lowest BCUT2D eigenvalue weighted by atomic mass is 10.2. The molecule has 18 heavy (non-hydrogen) atoms. The van der Waals surface area contributed by atoms with Crippen LogP contribution in [-0.4, -0.2) is 26.1 Å². The van der Waals surface area contributed by atoms with E-state index in [2.05, 4.69) is 11.8 Å². The fraction of sp³-hybridized carbons (Fsp3) is 0.467. The maximum Gasteiger partial charge on any atom is 0.156 e. The highest BCUT2D eigenvalue weighted by Gasteiger charge is 1.97. The molecule has 0 saturated carbocycles. The molecule has 3 heteroatoms. The largest absolute Gasteiger partial charge is 0.494 e. The van der Waals surface area contributed by atoms with Crippen LogP contribution in [0.25, 0.3) is 0 Å². The molecule has 0 saturated heterocycles. The van der Waals surface area contributed by atoms with E-state index in [0.717, 1.165) is 11.3 Å². The zero-order valence-corrected chi connectivity index (χ0v) is 11.2. The first kappa shape index (κ1) is 14.6. The molecule has 3 nitrogen and oxygen atoms in total. The predicted octanol–water partition coefficient (Wildman–Crippen LogP) is 2.84. The molecule has 1 atom stereocenters. The summed E-state index contributed by atoms with van der Waals surface area (Å²) in [6.07, 6.45) is -0.204. The van der Waals surface area contributed by atoms with Crippen LogP contribution >= 0.6 is 0 Å². The SMILES string of the molecule is CCOc1ccc(C#CCOC(C)OCC)cc1. The topological polar surface area (TPSA) is 27.7 Å². The molecule has 0 spiro atoms. The molecule has 0 aromatic heterocycles. The van der Waals surface area contributed by atoms with Gasteiger partial charge in [0.05, 0.1) is 6.61 Å². The first-order chi connectivity index (χ1) is 8.76.